The van der Waals surface area contributed by atoms with E-state index >= 15 is 0 Å². The lowest BCUT2D eigenvalue weighted by Gasteiger charge is -2.67. The molecule has 4 aliphatic rings. The van der Waals surface area contributed by atoms with Gasteiger partial charge in [-0.15, -0.1) is 0 Å². The van der Waals surface area contributed by atoms with E-state index in [4.69, 9.17) is 9.47 Å². The SMILES string of the molecule is C=C1CCC[C@@]23OC4=C(C[C@]2(C)[C@@H](C)CC[C@]13C)C(=O)C(OC)=CC4=O. The minimum Gasteiger partial charge on any atom is -0.493 e. The van der Waals surface area contributed by atoms with Crippen LogP contribution in [0.15, 0.2) is 35.3 Å². The van der Waals surface area contributed by atoms with Gasteiger partial charge in [-0.2, -0.15) is 0 Å². The van der Waals surface area contributed by atoms with Gasteiger partial charge in [-0.3, -0.25) is 9.59 Å². The molecule has 1 spiro atoms. The Bertz CT molecular complexity index is 788. The molecule has 0 unspecified atom stereocenters. The first-order valence-electron chi connectivity index (χ1n) is 9.65. The minimum absolute atomic E-state index is 0.121. The average molecular weight is 356 g/mol. The van der Waals surface area contributed by atoms with E-state index in [9.17, 15) is 9.59 Å². The minimum atomic E-state index is -0.472. The zero-order chi connectivity index (χ0) is 18.9. The Kier molecular flexibility index (Phi) is 3.61. The van der Waals surface area contributed by atoms with Gasteiger partial charge in [0.25, 0.3) is 0 Å². The summed E-state index contributed by atoms with van der Waals surface area (Å²) in [5.41, 5.74) is 0.872. The molecule has 0 aromatic carbocycles. The van der Waals surface area contributed by atoms with Gasteiger partial charge < -0.3 is 9.47 Å². The van der Waals surface area contributed by atoms with Gasteiger partial charge in [0.2, 0.25) is 11.6 Å². The molecule has 4 heteroatoms. The standard InChI is InChI=1S/C22H28O4/c1-13-7-6-9-22-20(13,3)10-8-14(2)21(22,4)12-15-18(24)17(25-5)11-16(23)19(15)26-22/h11,14H,1,6-10,12H2,2-5H3/t14-,20+,21+,22-/m0/s1. The van der Waals surface area contributed by atoms with Crippen LogP contribution >= 0.6 is 0 Å². The maximum atomic E-state index is 12.9. The van der Waals surface area contributed by atoms with E-state index in [2.05, 4.69) is 27.4 Å². The normalized spacial score (nSPS) is 42.4. The van der Waals surface area contributed by atoms with Crippen molar-refractivity contribution in [1.82, 2.24) is 0 Å². The van der Waals surface area contributed by atoms with Crippen LogP contribution in [0.2, 0.25) is 0 Å². The molecule has 4 nitrogen and oxygen atoms in total. The van der Waals surface area contributed by atoms with Gasteiger partial charge in [-0.25, -0.2) is 0 Å². The number of hydrogen-bond acceptors (Lipinski definition) is 4. The molecule has 0 saturated heterocycles. The van der Waals surface area contributed by atoms with Crippen LogP contribution in [0.1, 0.15) is 59.3 Å². The molecule has 3 aliphatic carbocycles. The van der Waals surface area contributed by atoms with Gasteiger partial charge in [-0.05, 0) is 44.4 Å². The first-order valence-corrected chi connectivity index (χ1v) is 9.65. The predicted molar refractivity (Wildman–Crippen MR) is 98.2 cm³/mol. The summed E-state index contributed by atoms with van der Waals surface area (Å²) in [6.45, 7) is 11.2. The van der Waals surface area contributed by atoms with Gasteiger partial charge in [0.1, 0.15) is 5.60 Å². The van der Waals surface area contributed by atoms with Crippen molar-refractivity contribution in [2.45, 2.75) is 64.9 Å². The van der Waals surface area contributed by atoms with Crippen molar-refractivity contribution >= 4 is 11.6 Å². The summed E-state index contributed by atoms with van der Waals surface area (Å²) in [4.78, 5) is 25.6. The summed E-state index contributed by atoms with van der Waals surface area (Å²) < 4.78 is 11.8. The van der Waals surface area contributed by atoms with Crippen LogP contribution in [-0.4, -0.2) is 24.3 Å². The van der Waals surface area contributed by atoms with Crippen molar-refractivity contribution in [3.05, 3.63) is 35.3 Å². The van der Waals surface area contributed by atoms with Crippen LogP contribution in [0.25, 0.3) is 0 Å². The van der Waals surface area contributed by atoms with Crippen LogP contribution in [-0.2, 0) is 19.1 Å². The first-order chi connectivity index (χ1) is 12.2. The monoisotopic (exact) mass is 356 g/mol. The fourth-order valence-corrected chi connectivity index (χ4v) is 6.12. The lowest BCUT2D eigenvalue weighted by atomic mass is 9.42. The summed E-state index contributed by atoms with van der Waals surface area (Å²) >= 11 is 0. The molecule has 4 atom stereocenters. The molecule has 1 heterocycles. The van der Waals surface area contributed by atoms with Crippen molar-refractivity contribution in [1.29, 1.82) is 0 Å². The Morgan fingerprint density at radius 3 is 2.69 bits per heavy atom. The van der Waals surface area contributed by atoms with Gasteiger partial charge in [0.15, 0.2) is 11.5 Å². The van der Waals surface area contributed by atoms with E-state index < -0.39 is 5.60 Å². The van der Waals surface area contributed by atoms with Gasteiger partial charge in [-0.1, -0.05) is 32.9 Å². The highest BCUT2D eigenvalue weighted by Gasteiger charge is 2.69. The van der Waals surface area contributed by atoms with E-state index in [1.54, 1.807) is 0 Å². The number of methoxy groups -OCH3 is 1. The Morgan fingerprint density at radius 1 is 1.27 bits per heavy atom. The fraction of sp³-hybridized carbons (Fsp3) is 0.636. The van der Waals surface area contributed by atoms with Crippen molar-refractivity contribution in [3.8, 4) is 0 Å². The number of rotatable bonds is 1. The van der Waals surface area contributed by atoms with Gasteiger partial charge >= 0.3 is 0 Å². The molecule has 1 aliphatic heterocycles. The number of Topliss-reactive ketones (excluding diaryl/α,β-unsaturated/α-hetero) is 1. The molecule has 4 rings (SSSR count). The largest absolute Gasteiger partial charge is 0.493 e. The number of ether oxygens (including phenoxy) is 2. The summed E-state index contributed by atoms with van der Waals surface area (Å²) in [6, 6.07) is 0. The number of carbonyl (C=O) groups excluding carboxylic acids is 2. The Hall–Kier alpha value is -1.84. The van der Waals surface area contributed by atoms with E-state index in [-0.39, 0.29) is 33.9 Å². The highest BCUT2D eigenvalue weighted by atomic mass is 16.5. The average Bonchev–Trinajstić information content (AvgIpc) is 2.61. The molecule has 0 radical (unpaired) electrons. The number of allylic oxidation sites excluding steroid dienone is 2. The van der Waals surface area contributed by atoms with Gasteiger partial charge in [0.05, 0.1) is 12.7 Å². The molecular formula is C22H28O4. The van der Waals surface area contributed by atoms with E-state index in [1.807, 2.05) is 0 Å². The summed E-state index contributed by atoms with van der Waals surface area (Å²) in [5, 5.41) is 0. The zero-order valence-corrected chi connectivity index (χ0v) is 16.2. The summed E-state index contributed by atoms with van der Waals surface area (Å²) in [7, 11) is 1.43. The third kappa shape index (κ3) is 1.85. The molecule has 0 aromatic heterocycles. The maximum Gasteiger partial charge on any atom is 0.227 e. The molecule has 26 heavy (non-hydrogen) atoms. The molecule has 0 aromatic rings. The van der Waals surface area contributed by atoms with Gasteiger partial charge in [0, 0.05) is 16.9 Å². The topological polar surface area (TPSA) is 52.6 Å². The van der Waals surface area contributed by atoms with Crippen molar-refractivity contribution in [3.63, 3.8) is 0 Å². The highest BCUT2D eigenvalue weighted by Crippen LogP contribution is 2.69. The van der Waals surface area contributed by atoms with E-state index in [0.717, 1.165) is 32.1 Å². The molecule has 2 saturated carbocycles. The van der Waals surface area contributed by atoms with E-state index in [1.165, 1.54) is 18.8 Å². The second-order valence-electron chi connectivity index (χ2n) is 8.97. The molecule has 140 valence electrons. The summed E-state index contributed by atoms with van der Waals surface area (Å²) in [6.07, 6.45) is 6.88. The Balaban J connectivity index is 1.91. The molecule has 2 fully saturated rings. The third-order valence-corrected chi connectivity index (χ3v) is 8.06. The van der Waals surface area contributed by atoms with Crippen LogP contribution in [0, 0.1) is 16.7 Å². The Labute approximate surface area is 155 Å². The predicted octanol–water partition coefficient (Wildman–Crippen LogP) is 4.26. The second kappa shape index (κ2) is 5.34. The van der Waals surface area contributed by atoms with Crippen LogP contribution in [0.4, 0.5) is 0 Å². The smallest absolute Gasteiger partial charge is 0.227 e. The molecular weight excluding hydrogens is 328 g/mol. The summed E-state index contributed by atoms with van der Waals surface area (Å²) in [5.74, 6) is 0.326. The number of hydrogen-bond donors (Lipinski definition) is 0. The van der Waals surface area contributed by atoms with Crippen molar-refractivity contribution in [2.24, 2.45) is 16.7 Å². The van der Waals surface area contributed by atoms with Crippen LogP contribution < -0.4 is 0 Å². The molecule has 0 amide bonds. The maximum absolute atomic E-state index is 12.9. The Morgan fingerprint density at radius 2 is 2.00 bits per heavy atom. The fourth-order valence-electron chi connectivity index (χ4n) is 6.12. The zero-order valence-electron chi connectivity index (χ0n) is 16.2. The van der Waals surface area contributed by atoms with E-state index in [0.29, 0.717) is 17.9 Å². The lowest BCUT2D eigenvalue weighted by molar-refractivity contribution is -0.231. The molecule has 0 bridgehead atoms. The number of ketones is 2. The van der Waals surface area contributed by atoms with Crippen molar-refractivity contribution < 1.29 is 19.1 Å². The lowest BCUT2D eigenvalue weighted by Crippen LogP contribution is -2.68. The van der Waals surface area contributed by atoms with Crippen LogP contribution in [0.5, 0.6) is 0 Å². The first kappa shape index (κ1) is 17.6. The highest BCUT2D eigenvalue weighted by molar-refractivity contribution is 6.21. The second-order valence-corrected chi connectivity index (χ2v) is 8.97. The van der Waals surface area contributed by atoms with Crippen molar-refractivity contribution in [2.75, 3.05) is 7.11 Å². The quantitative estimate of drug-likeness (QED) is 0.520. The third-order valence-electron chi connectivity index (χ3n) is 8.06. The van der Waals surface area contributed by atoms with Crippen LogP contribution in [0.3, 0.4) is 0 Å². The number of carbonyl (C=O) groups is 2. The molecule has 0 N–H and O–H groups in total.